The van der Waals surface area contributed by atoms with Gasteiger partial charge in [0.1, 0.15) is 6.10 Å². The number of hydrogen-bond donors (Lipinski definition) is 0. The molecule has 4 rings (SSSR count). The molecule has 28 heavy (non-hydrogen) atoms. The Bertz CT molecular complexity index is 870. The highest BCUT2D eigenvalue weighted by molar-refractivity contribution is 6.99. The van der Waals surface area contributed by atoms with E-state index in [1.165, 1.54) is 10.4 Å². The Morgan fingerprint density at radius 1 is 0.964 bits per heavy atom. The monoisotopic (exact) mass is 390 g/mol. The lowest BCUT2D eigenvalue weighted by Crippen LogP contribution is -2.67. The molecule has 1 aliphatic heterocycles. The third-order valence-electron chi connectivity index (χ3n) is 5.61. The summed E-state index contributed by atoms with van der Waals surface area (Å²) in [6.45, 7) is 6.81. The van der Waals surface area contributed by atoms with E-state index in [9.17, 15) is 4.79 Å². The first-order valence-electron chi connectivity index (χ1n) is 9.79. The number of carbonyl (C=O) groups is 1. The maximum Gasteiger partial charge on any atom is 0.331 e. The van der Waals surface area contributed by atoms with E-state index < -0.39 is 8.32 Å². The molecule has 0 N–H and O–H groups in total. The van der Waals surface area contributed by atoms with Gasteiger partial charge in [-0.3, -0.25) is 0 Å². The summed E-state index contributed by atoms with van der Waals surface area (Å²) >= 11 is 0. The van der Waals surface area contributed by atoms with Crippen molar-refractivity contribution >= 4 is 24.7 Å². The van der Waals surface area contributed by atoms with Gasteiger partial charge in [0.15, 0.2) is 0 Å². The van der Waals surface area contributed by atoms with Gasteiger partial charge in [0.2, 0.25) is 0 Å². The van der Waals surface area contributed by atoms with Crippen molar-refractivity contribution in [2.75, 3.05) is 0 Å². The van der Waals surface area contributed by atoms with E-state index >= 15 is 0 Å². The normalized spacial score (nSPS) is 21.8. The fourth-order valence-corrected chi connectivity index (χ4v) is 8.97. The molecule has 0 fully saturated rings. The van der Waals surface area contributed by atoms with Crippen molar-refractivity contribution in [3.63, 3.8) is 0 Å². The summed E-state index contributed by atoms with van der Waals surface area (Å²) in [5, 5.41) is 2.44. The third-order valence-corrected chi connectivity index (χ3v) is 10.7. The first kappa shape index (κ1) is 18.9. The van der Waals surface area contributed by atoms with Crippen LogP contribution in [-0.4, -0.2) is 26.5 Å². The standard InChI is InChI=1S/C24H26O3Si/c1-24(2,3)28(20-10-6-4-7-11-20,21-12-8-5-9-13-21)27-19-15-14-18-16-23(25)26-22(18)17-19/h4-16,19,22H,17H2,1-3H3/t19-,22+/m0/s1. The van der Waals surface area contributed by atoms with Crippen LogP contribution in [0.4, 0.5) is 0 Å². The lowest BCUT2D eigenvalue weighted by molar-refractivity contribution is -0.139. The minimum absolute atomic E-state index is 0.0774. The van der Waals surface area contributed by atoms with Crippen molar-refractivity contribution in [3.05, 3.63) is 84.5 Å². The average Bonchev–Trinajstić information content (AvgIpc) is 3.06. The van der Waals surface area contributed by atoms with Crippen LogP contribution in [0.3, 0.4) is 0 Å². The molecule has 2 atom stereocenters. The van der Waals surface area contributed by atoms with E-state index in [0.29, 0.717) is 6.42 Å². The van der Waals surface area contributed by atoms with Crippen molar-refractivity contribution in [1.82, 2.24) is 0 Å². The molecule has 0 unspecified atom stereocenters. The van der Waals surface area contributed by atoms with Gasteiger partial charge < -0.3 is 9.16 Å². The Morgan fingerprint density at radius 3 is 2.07 bits per heavy atom. The fourth-order valence-electron chi connectivity index (χ4n) is 4.32. The zero-order chi connectivity index (χ0) is 19.8. The molecular weight excluding hydrogens is 364 g/mol. The molecule has 3 nitrogen and oxygen atoms in total. The highest BCUT2D eigenvalue weighted by Crippen LogP contribution is 2.39. The van der Waals surface area contributed by atoms with E-state index in [1.54, 1.807) is 6.08 Å². The topological polar surface area (TPSA) is 35.5 Å². The predicted molar refractivity (Wildman–Crippen MR) is 114 cm³/mol. The molecule has 2 aromatic rings. The minimum atomic E-state index is -2.61. The Morgan fingerprint density at radius 2 is 1.54 bits per heavy atom. The van der Waals surface area contributed by atoms with Crippen molar-refractivity contribution in [2.45, 2.75) is 44.4 Å². The highest BCUT2D eigenvalue weighted by atomic mass is 28.4. The Labute approximate surface area is 167 Å². The van der Waals surface area contributed by atoms with E-state index in [2.05, 4.69) is 75.4 Å². The van der Waals surface area contributed by atoms with Crippen molar-refractivity contribution in [1.29, 1.82) is 0 Å². The molecule has 0 aromatic heterocycles. The Kier molecular flexibility index (Phi) is 4.85. The van der Waals surface area contributed by atoms with Crippen molar-refractivity contribution < 1.29 is 14.0 Å². The minimum Gasteiger partial charge on any atom is -0.454 e. The second kappa shape index (κ2) is 7.19. The van der Waals surface area contributed by atoms with Gasteiger partial charge in [-0.2, -0.15) is 0 Å². The lowest BCUT2D eigenvalue weighted by atomic mass is 9.98. The van der Waals surface area contributed by atoms with Crippen LogP contribution in [0.5, 0.6) is 0 Å². The molecule has 2 aromatic carbocycles. The Balaban J connectivity index is 1.79. The molecule has 2 aliphatic rings. The number of esters is 1. The number of carbonyl (C=O) groups excluding carboxylic acids is 1. The van der Waals surface area contributed by atoms with Gasteiger partial charge in [-0.05, 0) is 21.0 Å². The molecule has 0 bridgehead atoms. The van der Waals surface area contributed by atoms with Gasteiger partial charge in [-0.1, -0.05) is 93.6 Å². The van der Waals surface area contributed by atoms with Crippen LogP contribution in [-0.2, 0) is 14.0 Å². The summed E-state index contributed by atoms with van der Waals surface area (Å²) in [6.07, 6.45) is 6.03. The molecule has 0 saturated carbocycles. The predicted octanol–water partition coefficient (Wildman–Crippen LogP) is 3.74. The number of ether oxygens (including phenoxy) is 1. The average molecular weight is 391 g/mol. The van der Waals surface area contributed by atoms with Crippen LogP contribution < -0.4 is 10.4 Å². The molecular formula is C24H26O3Si. The number of fused-ring (bicyclic) bond motifs is 1. The largest absolute Gasteiger partial charge is 0.454 e. The smallest absolute Gasteiger partial charge is 0.331 e. The van der Waals surface area contributed by atoms with E-state index in [1.807, 2.05) is 18.2 Å². The summed E-state index contributed by atoms with van der Waals surface area (Å²) in [6, 6.07) is 21.2. The van der Waals surface area contributed by atoms with Crippen molar-refractivity contribution in [2.24, 2.45) is 0 Å². The van der Waals surface area contributed by atoms with E-state index in [-0.39, 0.29) is 23.2 Å². The van der Waals surface area contributed by atoms with Gasteiger partial charge in [0, 0.05) is 12.5 Å². The maximum absolute atomic E-state index is 11.6. The molecule has 1 aliphatic carbocycles. The van der Waals surface area contributed by atoms with Crippen molar-refractivity contribution in [3.8, 4) is 0 Å². The van der Waals surface area contributed by atoms with Gasteiger partial charge >= 0.3 is 5.97 Å². The number of hydrogen-bond acceptors (Lipinski definition) is 3. The first-order chi connectivity index (χ1) is 13.4. The second-order valence-electron chi connectivity index (χ2n) is 8.48. The maximum atomic E-state index is 11.6. The van der Waals surface area contributed by atoms with Gasteiger partial charge in [0.05, 0.1) is 6.10 Å². The van der Waals surface area contributed by atoms with Crippen LogP contribution in [0.25, 0.3) is 0 Å². The zero-order valence-electron chi connectivity index (χ0n) is 16.6. The molecule has 144 valence electrons. The fraction of sp³-hybridized carbons (Fsp3) is 0.292. The van der Waals surface area contributed by atoms with Crippen LogP contribution >= 0.6 is 0 Å². The van der Waals surface area contributed by atoms with Gasteiger partial charge in [0.25, 0.3) is 8.32 Å². The van der Waals surface area contributed by atoms with E-state index in [0.717, 1.165) is 5.57 Å². The van der Waals surface area contributed by atoms with E-state index in [4.69, 9.17) is 9.16 Å². The van der Waals surface area contributed by atoms with Crippen LogP contribution in [0.2, 0.25) is 5.04 Å². The van der Waals surface area contributed by atoms with Crippen LogP contribution in [0.15, 0.2) is 84.5 Å². The zero-order valence-corrected chi connectivity index (χ0v) is 17.6. The quantitative estimate of drug-likeness (QED) is 0.589. The highest BCUT2D eigenvalue weighted by Gasteiger charge is 2.51. The number of rotatable bonds is 4. The van der Waals surface area contributed by atoms with Gasteiger partial charge in [-0.15, -0.1) is 0 Å². The molecule has 1 heterocycles. The van der Waals surface area contributed by atoms with Crippen LogP contribution in [0, 0.1) is 0 Å². The molecule has 0 amide bonds. The molecule has 4 heteroatoms. The summed E-state index contributed by atoms with van der Waals surface area (Å²) < 4.78 is 12.6. The first-order valence-corrected chi connectivity index (χ1v) is 11.7. The molecule has 0 radical (unpaired) electrons. The third kappa shape index (κ3) is 3.27. The number of benzene rings is 2. The summed E-state index contributed by atoms with van der Waals surface area (Å²) in [5.74, 6) is -0.254. The molecule has 0 saturated heterocycles. The summed E-state index contributed by atoms with van der Waals surface area (Å²) in [4.78, 5) is 11.6. The Hall–Kier alpha value is -2.43. The molecule has 0 spiro atoms. The SMILES string of the molecule is CC(C)(C)[Si](O[C@H]1C=CC2=CC(=O)O[C@@H]2C1)(c1ccccc1)c1ccccc1. The summed E-state index contributed by atoms with van der Waals surface area (Å²) in [7, 11) is -2.61. The van der Waals surface area contributed by atoms with Gasteiger partial charge in [-0.25, -0.2) is 4.79 Å². The second-order valence-corrected chi connectivity index (χ2v) is 12.7. The lowest BCUT2D eigenvalue weighted by Gasteiger charge is -2.45. The van der Waals surface area contributed by atoms with Crippen LogP contribution in [0.1, 0.15) is 27.2 Å². The summed E-state index contributed by atoms with van der Waals surface area (Å²) in [5.41, 5.74) is 0.951.